The second-order valence-corrected chi connectivity index (χ2v) is 6.56. The van der Waals surface area contributed by atoms with Crippen molar-refractivity contribution < 1.29 is 9.32 Å². The van der Waals surface area contributed by atoms with E-state index in [1.165, 1.54) is 0 Å². The number of benzene rings is 2. The Labute approximate surface area is 157 Å². The third-order valence-electron chi connectivity index (χ3n) is 3.36. The number of amides is 2. The molecular formula is C17H14BrClN4O2. The SMILES string of the molecule is CC(NC(=O)Nc1ccccc1Br)c1nc(-c2cccc(Cl)c2)no1. The third kappa shape index (κ3) is 4.37. The molecule has 3 rings (SSSR count). The molecule has 1 heterocycles. The maximum Gasteiger partial charge on any atom is 0.319 e. The Bertz CT molecular complexity index is 900. The lowest BCUT2D eigenvalue weighted by Crippen LogP contribution is -2.31. The lowest BCUT2D eigenvalue weighted by molar-refractivity contribution is 0.245. The highest BCUT2D eigenvalue weighted by atomic mass is 79.9. The molecule has 8 heteroatoms. The van der Waals surface area contributed by atoms with Crippen LogP contribution in [0, 0.1) is 0 Å². The Morgan fingerprint density at radius 2 is 2.04 bits per heavy atom. The third-order valence-corrected chi connectivity index (χ3v) is 4.29. The summed E-state index contributed by atoms with van der Waals surface area (Å²) in [6, 6.07) is 13.6. The largest absolute Gasteiger partial charge is 0.337 e. The quantitative estimate of drug-likeness (QED) is 0.619. The van der Waals surface area contributed by atoms with Crippen molar-refractivity contribution in [2.24, 2.45) is 0 Å². The second-order valence-electron chi connectivity index (χ2n) is 5.27. The number of rotatable bonds is 4. The van der Waals surface area contributed by atoms with E-state index < -0.39 is 6.04 Å². The summed E-state index contributed by atoms with van der Waals surface area (Å²) in [6.45, 7) is 1.76. The van der Waals surface area contributed by atoms with Gasteiger partial charge in [-0.2, -0.15) is 4.98 Å². The van der Waals surface area contributed by atoms with E-state index in [0.29, 0.717) is 22.4 Å². The van der Waals surface area contributed by atoms with E-state index in [4.69, 9.17) is 16.1 Å². The van der Waals surface area contributed by atoms with Crippen LogP contribution in [0.25, 0.3) is 11.4 Å². The van der Waals surface area contributed by atoms with Crippen LogP contribution in [0.5, 0.6) is 0 Å². The molecule has 0 saturated carbocycles. The lowest BCUT2D eigenvalue weighted by atomic mass is 10.2. The van der Waals surface area contributed by atoms with Gasteiger partial charge in [0.1, 0.15) is 6.04 Å². The van der Waals surface area contributed by atoms with Gasteiger partial charge in [-0.3, -0.25) is 0 Å². The maximum absolute atomic E-state index is 12.1. The minimum absolute atomic E-state index is 0.303. The number of carbonyl (C=O) groups excluding carboxylic acids is 1. The molecule has 2 N–H and O–H groups in total. The number of hydrogen-bond donors (Lipinski definition) is 2. The summed E-state index contributed by atoms with van der Waals surface area (Å²) >= 11 is 9.34. The topological polar surface area (TPSA) is 80.0 Å². The molecule has 1 aromatic heterocycles. The van der Waals surface area contributed by atoms with E-state index in [0.717, 1.165) is 10.0 Å². The number of nitrogens with zero attached hydrogens (tertiary/aromatic N) is 2. The van der Waals surface area contributed by atoms with Crippen LogP contribution in [-0.2, 0) is 0 Å². The van der Waals surface area contributed by atoms with E-state index in [-0.39, 0.29) is 6.03 Å². The molecule has 0 bridgehead atoms. The molecular weight excluding hydrogens is 408 g/mol. The minimum Gasteiger partial charge on any atom is -0.337 e. The first-order valence-corrected chi connectivity index (χ1v) is 8.61. The van der Waals surface area contributed by atoms with Crippen molar-refractivity contribution in [1.29, 1.82) is 0 Å². The summed E-state index contributed by atoms with van der Waals surface area (Å²) in [5.74, 6) is 0.717. The van der Waals surface area contributed by atoms with Gasteiger partial charge in [0.25, 0.3) is 0 Å². The Hall–Kier alpha value is -2.38. The van der Waals surface area contributed by atoms with Crippen LogP contribution in [0.15, 0.2) is 57.5 Å². The first kappa shape index (κ1) is 17.4. The summed E-state index contributed by atoms with van der Waals surface area (Å²) in [4.78, 5) is 16.4. The Balaban J connectivity index is 1.66. The fourth-order valence-corrected chi connectivity index (χ4v) is 2.71. The van der Waals surface area contributed by atoms with Gasteiger partial charge in [-0.25, -0.2) is 4.79 Å². The normalized spacial score (nSPS) is 11.8. The molecule has 0 spiro atoms. The van der Waals surface area contributed by atoms with Crippen molar-refractivity contribution in [1.82, 2.24) is 15.5 Å². The molecule has 0 fully saturated rings. The first-order chi connectivity index (χ1) is 12.0. The number of urea groups is 1. The molecule has 2 amide bonds. The van der Waals surface area contributed by atoms with Crippen LogP contribution in [0.1, 0.15) is 18.9 Å². The van der Waals surface area contributed by atoms with Crippen LogP contribution in [0.2, 0.25) is 5.02 Å². The average molecular weight is 422 g/mol. The molecule has 1 atom stereocenters. The summed E-state index contributed by atoms with van der Waals surface area (Å²) in [7, 11) is 0. The highest BCUT2D eigenvalue weighted by Gasteiger charge is 2.18. The van der Waals surface area contributed by atoms with Crippen LogP contribution in [-0.4, -0.2) is 16.2 Å². The van der Waals surface area contributed by atoms with Gasteiger partial charge in [0.2, 0.25) is 11.7 Å². The van der Waals surface area contributed by atoms with E-state index >= 15 is 0 Å². The summed E-state index contributed by atoms with van der Waals surface area (Å²) in [6.07, 6.45) is 0. The second kappa shape index (κ2) is 7.67. The van der Waals surface area contributed by atoms with Gasteiger partial charge >= 0.3 is 6.03 Å². The van der Waals surface area contributed by atoms with Crippen molar-refractivity contribution >= 4 is 39.2 Å². The van der Waals surface area contributed by atoms with E-state index in [9.17, 15) is 4.79 Å². The van der Waals surface area contributed by atoms with Gasteiger partial charge in [-0.05, 0) is 47.1 Å². The number of para-hydroxylation sites is 1. The molecule has 0 aliphatic heterocycles. The fraction of sp³-hybridized carbons (Fsp3) is 0.118. The van der Waals surface area contributed by atoms with Crippen LogP contribution < -0.4 is 10.6 Å². The Kier molecular flexibility index (Phi) is 5.35. The predicted molar refractivity (Wildman–Crippen MR) is 99.5 cm³/mol. The molecule has 3 aromatic rings. The van der Waals surface area contributed by atoms with E-state index in [2.05, 4.69) is 36.7 Å². The molecule has 1 unspecified atom stereocenters. The molecule has 128 valence electrons. The zero-order valence-electron chi connectivity index (χ0n) is 13.2. The van der Waals surface area contributed by atoms with Crippen LogP contribution >= 0.6 is 27.5 Å². The van der Waals surface area contributed by atoms with Crippen molar-refractivity contribution in [3.63, 3.8) is 0 Å². The molecule has 0 radical (unpaired) electrons. The van der Waals surface area contributed by atoms with Crippen molar-refractivity contribution in [3.05, 3.63) is 63.9 Å². The van der Waals surface area contributed by atoms with Gasteiger partial charge in [0.15, 0.2) is 0 Å². The zero-order chi connectivity index (χ0) is 17.8. The summed E-state index contributed by atoms with van der Waals surface area (Å²) < 4.78 is 6.03. The number of aromatic nitrogens is 2. The highest BCUT2D eigenvalue weighted by molar-refractivity contribution is 9.10. The summed E-state index contributed by atoms with van der Waals surface area (Å²) in [5.41, 5.74) is 1.41. The number of nitrogens with one attached hydrogen (secondary N) is 2. The summed E-state index contributed by atoms with van der Waals surface area (Å²) in [5, 5.41) is 10.0. The zero-order valence-corrected chi connectivity index (χ0v) is 15.5. The van der Waals surface area contributed by atoms with Crippen molar-refractivity contribution in [2.75, 3.05) is 5.32 Å². The number of halogens is 2. The Morgan fingerprint density at radius 1 is 1.24 bits per heavy atom. The minimum atomic E-state index is -0.456. The number of anilines is 1. The molecule has 0 aliphatic rings. The Morgan fingerprint density at radius 3 is 2.80 bits per heavy atom. The van der Waals surface area contributed by atoms with Crippen LogP contribution in [0.3, 0.4) is 0 Å². The standard InChI is InChI=1S/C17H14BrClN4O2/c1-10(20-17(24)21-14-8-3-2-7-13(14)18)16-22-15(23-25-16)11-5-4-6-12(19)9-11/h2-10H,1H3,(H2,20,21,24). The smallest absolute Gasteiger partial charge is 0.319 e. The van der Waals surface area contributed by atoms with Crippen LogP contribution in [0.4, 0.5) is 10.5 Å². The molecule has 25 heavy (non-hydrogen) atoms. The van der Waals surface area contributed by atoms with Gasteiger partial charge < -0.3 is 15.2 Å². The number of hydrogen-bond acceptors (Lipinski definition) is 4. The van der Waals surface area contributed by atoms with Crippen molar-refractivity contribution in [2.45, 2.75) is 13.0 Å². The van der Waals surface area contributed by atoms with E-state index in [1.54, 1.807) is 31.2 Å². The molecule has 2 aromatic carbocycles. The predicted octanol–water partition coefficient (Wildman–Crippen LogP) is 5.04. The van der Waals surface area contributed by atoms with E-state index in [1.807, 2.05) is 24.3 Å². The fourth-order valence-electron chi connectivity index (χ4n) is 2.14. The lowest BCUT2D eigenvalue weighted by Gasteiger charge is -2.12. The van der Waals surface area contributed by atoms with Gasteiger partial charge in [0, 0.05) is 15.1 Å². The average Bonchev–Trinajstić information content (AvgIpc) is 3.07. The maximum atomic E-state index is 12.1. The molecule has 0 saturated heterocycles. The molecule has 6 nitrogen and oxygen atoms in total. The van der Waals surface area contributed by atoms with Crippen molar-refractivity contribution in [3.8, 4) is 11.4 Å². The van der Waals surface area contributed by atoms with Gasteiger partial charge in [0.05, 0.1) is 5.69 Å². The highest BCUT2D eigenvalue weighted by Crippen LogP contribution is 2.23. The number of carbonyl (C=O) groups is 1. The monoisotopic (exact) mass is 420 g/mol. The molecule has 0 aliphatic carbocycles. The van der Waals surface area contributed by atoms with Gasteiger partial charge in [-0.15, -0.1) is 0 Å². The first-order valence-electron chi connectivity index (χ1n) is 7.44. The van der Waals surface area contributed by atoms with Gasteiger partial charge in [-0.1, -0.05) is 41.0 Å².